The highest BCUT2D eigenvalue weighted by Crippen LogP contribution is 2.37. The Balaban J connectivity index is 2.05. The maximum absolute atomic E-state index is 12.4. The SMILES string of the molecule is COc1cc(COC(=O)Cn2nc(C)c(Cl)c2C)cc(Cl)c1OC(F)F. The molecule has 0 spiro atoms. The van der Waals surface area contributed by atoms with Crippen LogP contribution in [0.25, 0.3) is 0 Å². The second-order valence-electron chi connectivity index (χ2n) is 5.29. The lowest BCUT2D eigenvalue weighted by atomic mass is 10.2. The summed E-state index contributed by atoms with van der Waals surface area (Å²) < 4.78 is 40.8. The zero-order valence-electron chi connectivity index (χ0n) is 14.2. The summed E-state index contributed by atoms with van der Waals surface area (Å²) in [7, 11) is 1.28. The molecule has 0 aliphatic rings. The molecular weight excluding hydrogens is 393 g/mol. The molecule has 0 radical (unpaired) electrons. The Hall–Kier alpha value is -2.06. The van der Waals surface area contributed by atoms with Gasteiger partial charge in [-0.15, -0.1) is 0 Å². The second-order valence-corrected chi connectivity index (χ2v) is 6.08. The fraction of sp³-hybridized carbons (Fsp3) is 0.375. The highest BCUT2D eigenvalue weighted by molar-refractivity contribution is 6.32. The molecule has 2 aromatic rings. The maximum Gasteiger partial charge on any atom is 0.387 e. The Kier molecular flexibility index (Phi) is 6.66. The summed E-state index contributed by atoms with van der Waals surface area (Å²) in [6.45, 7) is 0.183. The van der Waals surface area contributed by atoms with E-state index in [1.165, 1.54) is 23.9 Å². The number of ether oxygens (including phenoxy) is 3. The van der Waals surface area contributed by atoms with Crippen LogP contribution in [-0.4, -0.2) is 29.5 Å². The highest BCUT2D eigenvalue weighted by Gasteiger charge is 2.17. The summed E-state index contributed by atoms with van der Waals surface area (Å²) in [5.74, 6) is -0.819. The number of carbonyl (C=O) groups is 1. The number of nitrogens with zero attached hydrogens (tertiary/aromatic N) is 2. The number of esters is 1. The topological polar surface area (TPSA) is 62.6 Å². The van der Waals surface area contributed by atoms with Crippen molar-refractivity contribution in [1.82, 2.24) is 9.78 Å². The molecular formula is C16H16Cl2F2N2O4. The van der Waals surface area contributed by atoms with Gasteiger partial charge in [0.2, 0.25) is 0 Å². The lowest BCUT2D eigenvalue weighted by Crippen LogP contribution is -2.15. The fourth-order valence-electron chi connectivity index (χ4n) is 2.22. The Bertz CT molecular complexity index is 812. The summed E-state index contributed by atoms with van der Waals surface area (Å²) in [5, 5.41) is 4.55. The molecule has 10 heteroatoms. The highest BCUT2D eigenvalue weighted by atomic mass is 35.5. The van der Waals surface area contributed by atoms with Crippen LogP contribution < -0.4 is 9.47 Å². The van der Waals surface area contributed by atoms with Crippen molar-refractivity contribution in [3.8, 4) is 11.5 Å². The van der Waals surface area contributed by atoms with Gasteiger partial charge in [-0.2, -0.15) is 13.9 Å². The summed E-state index contributed by atoms with van der Waals surface area (Å²) in [6.07, 6.45) is 0. The molecule has 0 unspecified atom stereocenters. The quantitative estimate of drug-likeness (QED) is 0.643. The van der Waals surface area contributed by atoms with Gasteiger partial charge >= 0.3 is 12.6 Å². The van der Waals surface area contributed by atoms with Gasteiger partial charge in [-0.1, -0.05) is 23.2 Å². The van der Waals surface area contributed by atoms with Crippen LogP contribution in [0.1, 0.15) is 17.0 Å². The number of hydrogen-bond donors (Lipinski definition) is 0. The second kappa shape index (κ2) is 8.55. The molecule has 1 heterocycles. The predicted molar refractivity (Wildman–Crippen MR) is 91.1 cm³/mol. The number of alkyl halides is 2. The number of carbonyl (C=O) groups excluding carboxylic acids is 1. The number of aromatic nitrogens is 2. The van der Waals surface area contributed by atoms with Crippen molar-refractivity contribution in [2.75, 3.05) is 7.11 Å². The lowest BCUT2D eigenvalue weighted by Gasteiger charge is -2.13. The molecule has 26 heavy (non-hydrogen) atoms. The van der Waals surface area contributed by atoms with Crippen LogP contribution >= 0.6 is 23.2 Å². The molecule has 0 saturated heterocycles. The van der Waals surface area contributed by atoms with Gasteiger partial charge in [0.1, 0.15) is 13.2 Å². The Morgan fingerprint density at radius 2 is 2.00 bits per heavy atom. The Morgan fingerprint density at radius 1 is 1.31 bits per heavy atom. The molecule has 142 valence electrons. The van der Waals surface area contributed by atoms with Crippen molar-refractivity contribution in [1.29, 1.82) is 0 Å². The fourth-order valence-corrected chi connectivity index (χ4v) is 2.63. The standard InChI is InChI=1S/C16H16Cl2F2N2O4/c1-8-14(18)9(2)22(21-8)6-13(23)25-7-10-4-11(17)15(26-16(19)20)12(5-10)24-3/h4-5,16H,6-7H2,1-3H3. The summed E-state index contributed by atoms with van der Waals surface area (Å²) in [4.78, 5) is 12.0. The number of aryl methyl sites for hydroxylation is 1. The summed E-state index contributed by atoms with van der Waals surface area (Å²) in [6, 6.07) is 2.76. The van der Waals surface area contributed by atoms with E-state index in [1.807, 2.05) is 0 Å². The van der Waals surface area contributed by atoms with Crippen molar-refractivity contribution in [3.63, 3.8) is 0 Å². The maximum atomic E-state index is 12.4. The normalized spacial score (nSPS) is 10.9. The first-order valence-electron chi connectivity index (χ1n) is 7.39. The van der Waals surface area contributed by atoms with E-state index in [1.54, 1.807) is 13.8 Å². The molecule has 0 saturated carbocycles. The van der Waals surface area contributed by atoms with Crippen LogP contribution in [0, 0.1) is 13.8 Å². The van der Waals surface area contributed by atoms with Crippen LogP contribution in [0.4, 0.5) is 8.78 Å². The smallest absolute Gasteiger partial charge is 0.387 e. The van der Waals surface area contributed by atoms with Gasteiger partial charge in [-0.3, -0.25) is 9.48 Å². The molecule has 1 aromatic carbocycles. The molecule has 0 atom stereocenters. The molecule has 1 aromatic heterocycles. The van der Waals surface area contributed by atoms with E-state index >= 15 is 0 Å². The van der Waals surface area contributed by atoms with E-state index in [9.17, 15) is 13.6 Å². The minimum Gasteiger partial charge on any atom is -0.493 e. The third kappa shape index (κ3) is 4.76. The molecule has 0 fully saturated rings. The van der Waals surface area contributed by atoms with Gasteiger partial charge in [0.05, 0.1) is 28.5 Å². The van der Waals surface area contributed by atoms with Crippen molar-refractivity contribution >= 4 is 29.2 Å². The summed E-state index contributed by atoms with van der Waals surface area (Å²) >= 11 is 12.0. The molecule has 0 N–H and O–H groups in total. The van der Waals surface area contributed by atoms with Gasteiger partial charge < -0.3 is 14.2 Å². The number of hydrogen-bond acceptors (Lipinski definition) is 5. The first-order valence-corrected chi connectivity index (χ1v) is 8.14. The first kappa shape index (κ1) is 20.3. The van der Waals surface area contributed by atoms with Crippen LogP contribution in [-0.2, 0) is 22.7 Å². The van der Waals surface area contributed by atoms with Crippen LogP contribution in [0.5, 0.6) is 11.5 Å². The van der Waals surface area contributed by atoms with Crippen molar-refractivity contribution in [3.05, 3.63) is 39.1 Å². The van der Waals surface area contributed by atoms with Crippen LogP contribution in [0.2, 0.25) is 10.0 Å². The van der Waals surface area contributed by atoms with E-state index in [0.29, 0.717) is 22.0 Å². The number of halogens is 4. The first-order chi connectivity index (χ1) is 12.2. The van der Waals surface area contributed by atoms with E-state index in [2.05, 4.69) is 9.84 Å². The summed E-state index contributed by atoms with van der Waals surface area (Å²) in [5.41, 5.74) is 1.72. The van der Waals surface area contributed by atoms with Gasteiger partial charge in [-0.05, 0) is 31.5 Å². The van der Waals surface area contributed by atoms with Gasteiger partial charge in [0.25, 0.3) is 0 Å². The Labute approximate surface area is 158 Å². The van der Waals surface area contributed by atoms with E-state index in [-0.39, 0.29) is 29.7 Å². The lowest BCUT2D eigenvalue weighted by molar-refractivity contribution is -0.145. The van der Waals surface area contributed by atoms with Crippen LogP contribution in [0.15, 0.2) is 12.1 Å². The largest absolute Gasteiger partial charge is 0.493 e. The molecule has 0 amide bonds. The third-order valence-corrected chi connectivity index (χ3v) is 4.30. The predicted octanol–water partition coefficient (Wildman–Crippen LogP) is 4.16. The van der Waals surface area contributed by atoms with E-state index < -0.39 is 12.6 Å². The average molecular weight is 409 g/mol. The van der Waals surface area contributed by atoms with Crippen molar-refractivity contribution in [2.24, 2.45) is 0 Å². The van der Waals surface area contributed by atoms with Crippen molar-refractivity contribution < 1.29 is 27.8 Å². The van der Waals surface area contributed by atoms with Gasteiger partial charge in [0.15, 0.2) is 11.5 Å². The van der Waals surface area contributed by atoms with Crippen molar-refractivity contribution in [2.45, 2.75) is 33.6 Å². The Morgan fingerprint density at radius 3 is 2.54 bits per heavy atom. The van der Waals surface area contributed by atoms with Gasteiger partial charge in [-0.25, -0.2) is 0 Å². The molecule has 0 bridgehead atoms. The molecule has 0 aliphatic carbocycles. The van der Waals surface area contributed by atoms with Crippen LogP contribution in [0.3, 0.4) is 0 Å². The zero-order chi connectivity index (χ0) is 19.4. The number of rotatable bonds is 7. The zero-order valence-corrected chi connectivity index (χ0v) is 15.7. The molecule has 6 nitrogen and oxygen atoms in total. The number of benzene rings is 1. The van der Waals surface area contributed by atoms with E-state index in [4.69, 9.17) is 32.7 Å². The molecule has 0 aliphatic heterocycles. The number of methoxy groups -OCH3 is 1. The van der Waals surface area contributed by atoms with Gasteiger partial charge in [0, 0.05) is 0 Å². The minimum absolute atomic E-state index is 0.00850. The van der Waals surface area contributed by atoms with E-state index in [0.717, 1.165) is 0 Å². The average Bonchev–Trinajstić information content (AvgIpc) is 2.81. The minimum atomic E-state index is -3.04. The third-order valence-electron chi connectivity index (χ3n) is 3.47. The molecule has 2 rings (SSSR count). The monoisotopic (exact) mass is 408 g/mol.